The number of nitrogens with one attached hydrogen (secondary N) is 1. The smallest absolute Gasteiger partial charge is 0.167 e. The fourth-order valence-corrected chi connectivity index (χ4v) is 2.61. The van der Waals surface area contributed by atoms with Gasteiger partial charge in [-0.3, -0.25) is 4.57 Å². The van der Waals surface area contributed by atoms with E-state index in [-0.39, 0.29) is 0 Å². The number of imidazole rings is 1. The molecule has 0 unspecified atom stereocenters. The molecule has 0 aliphatic rings. The number of para-hydroxylation sites is 2. The average Bonchev–Trinajstić information content (AvgIpc) is 3.03. The number of nitrogens with zero attached hydrogens (tertiary/aromatic N) is 5. The van der Waals surface area contributed by atoms with Crippen LogP contribution in [0.4, 0.5) is 17.3 Å². The lowest BCUT2D eigenvalue weighted by Gasteiger charge is -2.11. The predicted molar refractivity (Wildman–Crippen MR) is 96.3 cm³/mol. The van der Waals surface area contributed by atoms with Crippen molar-refractivity contribution in [3.05, 3.63) is 59.7 Å². The number of rotatable bonds is 3. The van der Waals surface area contributed by atoms with Crippen molar-refractivity contribution in [1.29, 1.82) is 0 Å². The van der Waals surface area contributed by atoms with Gasteiger partial charge in [0.15, 0.2) is 11.6 Å². The predicted octanol–water partition coefficient (Wildman–Crippen LogP) is 3.30. The molecule has 118 valence electrons. The fraction of sp³-hybridized carbons (Fsp3) is 0. The quantitative estimate of drug-likeness (QED) is 0.565. The minimum Gasteiger partial charge on any atom is -0.393 e. The third-order valence-corrected chi connectivity index (χ3v) is 3.99. The molecule has 3 aromatic heterocycles. The first kappa shape index (κ1) is 14.6. The van der Waals surface area contributed by atoms with E-state index in [1.807, 2.05) is 41.0 Å². The summed E-state index contributed by atoms with van der Waals surface area (Å²) in [4.78, 5) is 17.2. The van der Waals surface area contributed by atoms with Gasteiger partial charge in [-0.05, 0) is 40.2 Å². The molecule has 0 bridgehead atoms. The van der Waals surface area contributed by atoms with Crippen molar-refractivity contribution in [2.24, 2.45) is 0 Å². The number of hydrogen-bond acceptors (Lipinski definition) is 6. The third-order valence-electron chi connectivity index (χ3n) is 3.52. The molecule has 0 radical (unpaired) electrons. The van der Waals surface area contributed by atoms with E-state index in [9.17, 15) is 0 Å². The van der Waals surface area contributed by atoms with Crippen LogP contribution in [0.15, 0.2) is 59.7 Å². The summed E-state index contributed by atoms with van der Waals surface area (Å²) in [5, 5.41) is 3.11. The van der Waals surface area contributed by atoms with E-state index >= 15 is 0 Å². The Balaban J connectivity index is 1.77. The first-order chi connectivity index (χ1) is 11.7. The summed E-state index contributed by atoms with van der Waals surface area (Å²) in [6.45, 7) is 0. The Morgan fingerprint density at radius 3 is 2.71 bits per heavy atom. The lowest BCUT2D eigenvalue weighted by atomic mass is 10.3. The molecule has 7 nitrogen and oxygen atoms in total. The first-order valence-corrected chi connectivity index (χ1v) is 7.93. The monoisotopic (exact) mass is 381 g/mol. The fourth-order valence-electron chi connectivity index (χ4n) is 2.38. The van der Waals surface area contributed by atoms with Crippen LogP contribution in [-0.4, -0.2) is 24.5 Å². The Morgan fingerprint density at radius 2 is 1.88 bits per heavy atom. The van der Waals surface area contributed by atoms with Crippen molar-refractivity contribution in [3.63, 3.8) is 0 Å². The van der Waals surface area contributed by atoms with Crippen LogP contribution in [0.1, 0.15) is 0 Å². The number of hydrogen-bond donors (Lipinski definition) is 2. The average molecular weight is 382 g/mol. The zero-order valence-corrected chi connectivity index (χ0v) is 14.0. The van der Waals surface area contributed by atoms with Crippen molar-refractivity contribution in [2.45, 2.75) is 0 Å². The second-order valence-electron chi connectivity index (χ2n) is 5.05. The molecule has 0 saturated heterocycles. The molecule has 0 saturated carbocycles. The largest absolute Gasteiger partial charge is 0.393 e. The van der Waals surface area contributed by atoms with E-state index in [1.54, 1.807) is 12.5 Å². The van der Waals surface area contributed by atoms with Gasteiger partial charge in [-0.2, -0.15) is 0 Å². The van der Waals surface area contributed by atoms with Gasteiger partial charge >= 0.3 is 0 Å². The highest BCUT2D eigenvalue weighted by atomic mass is 79.9. The minimum absolute atomic E-state index is 0.422. The van der Waals surface area contributed by atoms with Crippen molar-refractivity contribution in [1.82, 2.24) is 24.5 Å². The Bertz CT molecular complexity index is 1010. The summed E-state index contributed by atoms with van der Waals surface area (Å²) in [6.07, 6.45) is 4.86. The van der Waals surface area contributed by atoms with Gasteiger partial charge in [-0.1, -0.05) is 12.1 Å². The number of benzene rings is 1. The molecular weight excluding hydrogens is 370 g/mol. The van der Waals surface area contributed by atoms with E-state index in [4.69, 9.17) is 5.73 Å². The number of pyridine rings is 1. The van der Waals surface area contributed by atoms with Crippen molar-refractivity contribution < 1.29 is 0 Å². The maximum atomic E-state index is 6.27. The first-order valence-electron chi connectivity index (χ1n) is 7.14. The van der Waals surface area contributed by atoms with Crippen molar-refractivity contribution >= 4 is 44.3 Å². The molecule has 3 heterocycles. The Morgan fingerprint density at radius 1 is 1.00 bits per heavy atom. The molecule has 4 aromatic rings. The van der Waals surface area contributed by atoms with Crippen LogP contribution in [0.5, 0.6) is 0 Å². The third kappa shape index (κ3) is 2.56. The van der Waals surface area contributed by atoms with Gasteiger partial charge in [0.05, 0.1) is 11.0 Å². The normalized spacial score (nSPS) is 10.9. The highest BCUT2D eigenvalue weighted by Crippen LogP contribution is 2.26. The Kier molecular flexibility index (Phi) is 3.58. The molecule has 0 fully saturated rings. The molecule has 3 N–H and O–H groups in total. The summed E-state index contributed by atoms with van der Waals surface area (Å²) < 4.78 is 2.74. The van der Waals surface area contributed by atoms with E-state index in [2.05, 4.69) is 41.2 Å². The molecule has 0 atom stereocenters. The SMILES string of the molecule is Nc1c(Nc2ccc(Br)cn2)ncnc1-n1cnc2ccccc21. The summed E-state index contributed by atoms with van der Waals surface area (Å²) in [7, 11) is 0. The summed E-state index contributed by atoms with van der Waals surface area (Å²) in [5.74, 6) is 1.70. The highest BCUT2D eigenvalue weighted by Gasteiger charge is 2.13. The van der Waals surface area contributed by atoms with Gasteiger partial charge in [-0.15, -0.1) is 0 Å². The Labute approximate surface area is 145 Å². The van der Waals surface area contributed by atoms with Crippen LogP contribution in [0.25, 0.3) is 16.9 Å². The van der Waals surface area contributed by atoms with Gasteiger partial charge in [0.25, 0.3) is 0 Å². The molecule has 1 aromatic carbocycles. The molecule has 8 heteroatoms. The van der Waals surface area contributed by atoms with Crippen molar-refractivity contribution in [2.75, 3.05) is 11.1 Å². The summed E-state index contributed by atoms with van der Waals surface area (Å²) in [6, 6.07) is 11.5. The topological polar surface area (TPSA) is 94.5 Å². The Hall–Kier alpha value is -3.00. The number of halogens is 1. The van der Waals surface area contributed by atoms with Crippen LogP contribution in [-0.2, 0) is 0 Å². The summed E-state index contributed by atoms with van der Waals surface area (Å²) >= 11 is 3.36. The van der Waals surface area contributed by atoms with E-state index in [0.717, 1.165) is 15.5 Å². The molecular formula is C16H12BrN7. The van der Waals surface area contributed by atoms with Crippen LogP contribution >= 0.6 is 15.9 Å². The molecule has 4 rings (SSSR count). The number of aromatic nitrogens is 5. The van der Waals surface area contributed by atoms with Gasteiger partial charge in [0.2, 0.25) is 0 Å². The van der Waals surface area contributed by atoms with Gasteiger partial charge < -0.3 is 11.1 Å². The number of nitrogen functional groups attached to an aromatic ring is 1. The zero-order valence-electron chi connectivity index (χ0n) is 12.4. The number of fused-ring (bicyclic) bond motifs is 1. The number of nitrogens with two attached hydrogens (primary N) is 1. The van der Waals surface area contributed by atoms with Gasteiger partial charge in [0.1, 0.15) is 24.2 Å². The second kappa shape index (κ2) is 5.89. The van der Waals surface area contributed by atoms with Crippen LogP contribution in [0.3, 0.4) is 0 Å². The van der Waals surface area contributed by atoms with E-state index in [1.165, 1.54) is 6.33 Å². The van der Waals surface area contributed by atoms with Crippen LogP contribution in [0.2, 0.25) is 0 Å². The molecule has 0 spiro atoms. The lowest BCUT2D eigenvalue weighted by Crippen LogP contribution is -2.07. The van der Waals surface area contributed by atoms with Crippen LogP contribution in [0, 0.1) is 0 Å². The molecule has 24 heavy (non-hydrogen) atoms. The molecule has 0 amide bonds. The minimum atomic E-state index is 0.422. The summed E-state index contributed by atoms with van der Waals surface area (Å²) in [5.41, 5.74) is 8.49. The number of anilines is 3. The standard InChI is InChI=1S/C16H12BrN7/c17-10-5-6-13(19-7-10)23-15-14(18)16(21-8-20-15)24-9-22-11-3-1-2-4-12(11)24/h1-9H,18H2,(H,19,20,21,23). The van der Waals surface area contributed by atoms with E-state index in [0.29, 0.717) is 23.1 Å². The van der Waals surface area contributed by atoms with Gasteiger partial charge in [0, 0.05) is 10.7 Å². The molecule has 0 aliphatic carbocycles. The van der Waals surface area contributed by atoms with Crippen LogP contribution < -0.4 is 11.1 Å². The zero-order chi connectivity index (χ0) is 16.5. The maximum absolute atomic E-state index is 6.27. The van der Waals surface area contributed by atoms with Crippen molar-refractivity contribution in [3.8, 4) is 5.82 Å². The maximum Gasteiger partial charge on any atom is 0.167 e. The lowest BCUT2D eigenvalue weighted by molar-refractivity contribution is 1.00. The van der Waals surface area contributed by atoms with Gasteiger partial charge in [-0.25, -0.2) is 19.9 Å². The highest BCUT2D eigenvalue weighted by molar-refractivity contribution is 9.10. The van der Waals surface area contributed by atoms with E-state index < -0.39 is 0 Å². The second-order valence-corrected chi connectivity index (χ2v) is 5.97. The molecule has 0 aliphatic heterocycles.